The standard InChI is InChI=1S/C16H33FNO2P/c1-13(2)21(19,16(6,7)17)18(10-9-15(3,4)5)14-8-11-20-12-14/h13-14H,8-12H2,1-7H3. The smallest absolute Gasteiger partial charge is 0.188 e. The minimum atomic E-state index is -3.13. The van der Waals surface area contributed by atoms with Gasteiger partial charge < -0.3 is 9.30 Å². The van der Waals surface area contributed by atoms with Gasteiger partial charge >= 0.3 is 0 Å². The van der Waals surface area contributed by atoms with E-state index >= 15 is 0 Å². The Bertz CT molecular complexity index is 379. The zero-order valence-electron chi connectivity index (χ0n) is 14.8. The fourth-order valence-electron chi connectivity index (χ4n) is 3.00. The van der Waals surface area contributed by atoms with Crippen LogP contribution in [0, 0.1) is 5.41 Å². The molecule has 5 heteroatoms. The van der Waals surface area contributed by atoms with Crippen LogP contribution in [0.2, 0.25) is 0 Å². The number of ether oxygens (including phenoxy) is 1. The Kier molecular flexibility index (Phi) is 6.08. The molecule has 0 aromatic heterocycles. The minimum absolute atomic E-state index is 0.0793. The van der Waals surface area contributed by atoms with E-state index in [1.807, 2.05) is 18.5 Å². The van der Waals surface area contributed by atoms with E-state index in [-0.39, 0.29) is 17.1 Å². The van der Waals surface area contributed by atoms with Gasteiger partial charge in [0.15, 0.2) is 12.7 Å². The normalized spacial score (nSPS) is 23.8. The minimum Gasteiger partial charge on any atom is -0.380 e. The highest BCUT2D eigenvalue weighted by molar-refractivity contribution is 7.63. The van der Waals surface area contributed by atoms with Crippen LogP contribution in [-0.4, -0.2) is 41.5 Å². The third-order valence-electron chi connectivity index (χ3n) is 4.26. The maximum Gasteiger partial charge on any atom is 0.188 e. The molecule has 0 saturated carbocycles. The predicted octanol–water partition coefficient (Wildman–Crippen LogP) is 4.91. The van der Waals surface area contributed by atoms with E-state index in [9.17, 15) is 8.96 Å². The van der Waals surface area contributed by atoms with Crippen LogP contribution in [0.15, 0.2) is 0 Å². The average molecular weight is 321 g/mol. The van der Waals surface area contributed by atoms with E-state index in [1.165, 1.54) is 13.8 Å². The first-order valence-corrected chi connectivity index (χ1v) is 9.76. The molecule has 0 N–H and O–H groups in total. The van der Waals surface area contributed by atoms with Gasteiger partial charge in [-0.2, -0.15) is 0 Å². The Balaban J connectivity index is 3.10. The SMILES string of the molecule is CC(C)P(=O)(N(CCC(C)(C)C)C1CCOC1)C(C)(C)F. The summed E-state index contributed by atoms with van der Waals surface area (Å²) < 4.78 is 35.9. The Morgan fingerprint density at radius 3 is 2.19 bits per heavy atom. The van der Waals surface area contributed by atoms with Gasteiger partial charge in [0.2, 0.25) is 0 Å². The summed E-state index contributed by atoms with van der Waals surface area (Å²) >= 11 is 0. The highest BCUT2D eigenvalue weighted by Gasteiger charge is 2.50. The van der Waals surface area contributed by atoms with Crippen molar-refractivity contribution in [1.29, 1.82) is 0 Å². The van der Waals surface area contributed by atoms with Gasteiger partial charge in [-0.05, 0) is 32.1 Å². The highest BCUT2D eigenvalue weighted by atomic mass is 31.2. The van der Waals surface area contributed by atoms with Crippen molar-refractivity contribution < 1.29 is 13.7 Å². The second kappa shape index (κ2) is 6.68. The first kappa shape index (κ1) is 19.1. The maximum atomic E-state index is 14.9. The third-order valence-corrected chi connectivity index (χ3v) is 8.48. The number of nitrogens with zero attached hydrogens (tertiary/aromatic N) is 1. The fourth-order valence-corrected chi connectivity index (χ4v) is 6.49. The number of halogens is 1. The zero-order chi connectivity index (χ0) is 16.5. The van der Waals surface area contributed by atoms with E-state index in [4.69, 9.17) is 4.74 Å². The number of hydrogen-bond acceptors (Lipinski definition) is 2. The summed E-state index contributed by atoms with van der Waals surface area (Å²) in [6, 6.07) is 0.0793. The highest BCUT2D eigenvalue weighted by Crippen LogP contribution is 2.66. The van der Waals surface area contributed by atoms with Gasteiger partial charge in [-0.1, -0.05) is 34.6 Å². The summed E-state index contributed by atoms with van der Waals surface area (Å²) in [5.74, 6) is 0. The molecule has 126 valence electrons. The molecule has 1 aliphatic heterocycles. The quantitative estimate of drug-likeness (QED) is 0.651. The van der Waals surface area contributed by atoms with Crippen molar-refractivity contribution in [3.63, 3.8) is 0 Å². The molecular weight excluding hydrogens is 288 g/mol. The van der Waals surface area contributed by atoms with Gasteiger partial charge in [-0.3, -0.25) is 0 Å². The lowest BCUT2D eigenvalue weighted by Crippen LogP contribution is -2.42. The second-order valence-corrected chi connectivity index (χ2v) is 12.0. The van der Waals surface area contributed by atoms with Gasteiger partial charge in [-0.25, -0.2) is 9.06 Å². The summed E-state index contributed by atoms with van der Waals surface area (Å²) in [6.07, 6.45) is 1.74. The summed E-state index contributed by atoms with van der Waals surface area (Å²) in [6.45, 7) is 15.1. The zero-order valence-corrected chi connectivity index (χ0v) is 15.7. The Labute approximate surface area is 130 Å². The Morgan fingerprint density at radius 1 is 1.29 bits per heavy atom. The van der Waals surface area contributed by atoms with Crippen molar-refractivity contribution in [2.24, 2.45) is 5.41 Å². The van der Waals surface area contributed by atoms with Crippen LogP contribution in [0.3, 0.4) is 0 Å². The fraction of sp³-hybridized carbons (Fsp3) is 1.00. The molecule has 0 aliphatic carbocycles. The molecule has 2 unspecified atom stereocenters. The number of alkyl halides is 1. The Morgan fingerprint density at radius 2 is 1.86 bits per heavy atom. The number of hydrogen-bond donors (Lipinski definition) is 0. The molecular formula is C16H33FNO2P. The van der Waals surface area contributed by atoms with Gasteiger partial charge in [0.25, 0.3) is 0 Å². The predicted molar refractivity (Wildman–Crippen MR) is 87.9 cm³/mol. The molecule has 0 aromatic rings. The molecule has 21 heavy (non-hydrogen) atoms. The lowest BCUT2D eigenvalue weighted by atomic mass is 9.92. The molecule has 1 aliphatic rings. The van der Waals surface area contributed by atoms with Crippen LogP contribution in [0.5, 0.6) is 0 Å². The molecule has 0 radical (unpaired) electrons. The molecule has 2 atom stereocenters. The van der Waals surface area contributed by atoms with Gasteiger partial charge in [0.1, 0.15) is 0 Å². The van der Waals surface area contributed by atoms with Crippen LogP contribution in [0.4, 0.5) is 4.39 Å². The topological polar surface area (TPSA) is 29.5 Å². The van der Waals surface area contributed by atoms with Gasteiger partial charge in [-0.15, -0.1) is 0 Å². The average Bonchev–Trinajstić information content (AvgIpc) is 2.79. The van der Waals surface area contributed by atoms with Crippen LogP contribution in [0.25, 0.3) is 0 Å². The van der Waals surface area contributed by atoms with Crippen molar-refractivity contribution >= 4 is 7.29 Å². The van der Waals surface area contributed by atoms with Gasteiger partial charge in [0, 0.05) is 24.9 Å². The summed E-state index contributed by atoms with van der Waals surface area (Å²) in [5, 5.41) is -1.69. The van der Waals surface area contributed by atoms with E-state index in [1.54, 1.807) is 0 Å². The Hall–Kier alpha value is 0.0800. The summed E-state index contributed by atoms with van der Waals surface area (Å²) in [7, 11) is -3.13. The molecule has 3 nitrogen and oxygen atoms in total. The van der Waals surface area contributed by atoms with Crippen LogP contribution < -0.4 is 0 Å². The first-order valence-electron chi connectivity index (χ1n) is 8.03. The lowest BCUT2D eigenvalue weighted by molar-refractivity contribution is 0.165. The van der Waals surface area contributed by atoms with Crippen LogP contribution in [-0.2, 0) is 9.30 Å². The molecule has 1 rings (SSSR count). The lowest BCUT2D eigenvalue weighted by Gasteiger charge is -2.43. The summed E-state index contributed by atoms with van der Waals surface area (Å²) in [5.41, 5.74) is -0.0574. The van der Waals surface area contributed by atoms with Crippen molar-refractivity contribution in [3.05, 3.63) is 0 Å². The van der Waals surface area contributed by atoms with Crippen molar-refractivity contribution in [2.75, 3.05) is 19.8 Å². The van der Waals surface area contributed by atoms with Crippen LogP contribution in [0.1, 0.15) is 61.3 Å². The third kappa shape index (κ3) is 4.53. The van der Waals surface area contributed by atoms with Crippen molar-refractivity contribution in [1.82, 2.24) is 4.67 Å². The van der Waals surface area contributed by atoms with Crippen molar-refractivity contribution in [3.8, 4) is 0 Å². The molecule has 0 aromatic carbocycles. The maximum absolute atomic E-state index is 14.9. The summed E-state index contributed by atoms with van der Waals surface area (Å²) in [4.78, 5) is 0. The van der Waals surface area contributed by atoms with Crippen molar-refractivity contribution in [2.45, 2.75) is 78.4 Å². The van der Waals surface area contributed by atoms with E-state index in [0.717, 1.165) is 12.8 Å². The monoisotopic (exact) mass is 321 g/mol. The largest absolute Gasteiger partial charge is 0.380 e. The number of rotatable bonds is 6. The molecule has 0 amide bonds. The first-order chi connectivity index (χ1) is 9.39. The van der Waals surface area contributed by atoms with Crippen LogP contribution >= 0.6 is 7.29 Å². The van der Waals surface area contributed by atoms with E-state index in [0.29, 0.717) is 19.8 Å². The molecule has 1 saturated heterocycles. The van der Waals surface area contributed by atoms with E-state index in [2.05, 4.69) is 20.8 Å². The molecule has 0 bridgehead atoms. The molecule has 1 fully saturated rings. The van der Waals surface area contributed by atoms with E-state index < -0.39 is 12.7 Å². The second-order valence-electron chi connectivity index (χ2n) is 8.12. The molecule has 0 spiro atoms. The molecule has 1 heterocycles. The van der Waals surface area contributed by atoms with Gasteiger partial charge in [0.05, 0.1) is 6.61 Å².